The Morgan fingerprint density at radius 2 is 1.87 bits per heavy atom. The Labute approximate surface area is 128 Å². The third-order valence-electron chi connectivity index (χ3n) is 3.03. The highest BCUT2D eigenvalue weighted by Gasteiger charge is 2.34. The van der Waals surface area contributed by atoms with E-state index in [1.807, 2.05) is 0 Å². The topological polar surface area (TPSA) is 64.3 Å². The number of alkyl halides is 3. The SMILES string of the molecule is COc1ccc(N)c(C(=O)Nc2ccc(F)c(C(F)(F)F)c2)c1. The highest BCUT2D eigenvalue weighted by Crippen LogP contribution is 2.33. The van der Waals surface area contributed by atoms with Gasteiger partial charge in [0.05, 0.1) is 18.2 Å². The molecule has 0 bridgehead atoms. The predicted octanol–water partition coefficient (Wildman–Crippen LogP) is 3.69. The Morgan fingerprint density at radius 3 is 2.48 bits per heavy atom. The number of nitrogen functional groups attached to an aromatic ring is 1. The average Bonchev–Trinajstić information content (AvgIpc) is 2.48. The minimum atomic E-state index is -4.86. The molecule has 4 nitrogen and oxygen atoms in total. The van der Waals surface area contributed by atoms with Crippen molar-refractivity contribution in [1.29, 1.82) is 0 Å². The molecule has 3 N–H and O–H groups in total. The maximum absolute atomic E-state index is 13.2. The second kappa shape index (κ2) is 6.15. The number of benzene rings is 2. The number of ether oxygens (including phenoxy) is 1. The minimum Gasteiger partial charge on any atom is -0.497 e. The predicted molar refractivity (Wildman–Crippen MR) is 76.8 cm³/mol. The fraction of sp³-hybridized carbons (Fsp3) is 0.133. The summed E-state index contributed by atoms with van der Waals surface area (Å²) in [5, 5.41) is 2.25. The summed E-state index contributed by atoms with van der Waals surface area (Å²) in [4.78, 5) is 12.1. The lowest BCUT2D eigenvalue weighted by atomic mass is 10.1. The third-order valence-corrected chi connectivity index (χ3v) is 3.03. The molecule has 0 aliphatic heterocycles. The molecule has 0 saturated carbocycles. The summed E-state index contributed by atoms with van der Waals surface area (Å²) >= 11 is 0. The van der Waals surface area contributed by atoms with E-state index in [9.17, 15) is 22.4 Å². The summed E-state index contributed by atoms with van der Waals surface area (Å²) in [6.07, 6.45) is -4.86. The molecule has 0 spiro atoms. The van der Waals surface area contributed by atoms with Gasteiger partial charge in [-0.2, -0.15) is 13.2 Å². The van der Waals surface area contributed by atoms with E-state index in [2.05, 4.69) is 5.32 Å². The second-order valence-corrected chi connectivity index (χ2v) is 4.60. The van der Waals surface area contributed by atoms with Crippen molar-refractivity contribution in [3.8, 4) is 5.75 Å². The van der Waals surface area contributed by atoms with Crippen LogP contribution in [-0.2, 0) is 6.18 Å². The van der Waals surface area contributed by atoms with Gasteiger partial charge in [0.1, 0.15) is 11.6 Å². The van der Waals surface area contributed by atoms with Gasteiger partial charge in [0.2, 0.25) is 0 Å². The van der Waals surface area contributed by atoms with Crippen molar-refractivity contribution in [2.24, 2.45) is 0 Å². The largest absolute Gasteiger partial charge is 0.497 e. The Kier molecular flexibility index (Phi) is 4.44. The molecule has 1 amide bonds. The number of hydrogen-bond acceptors (Lipinski definition) is 3. The van der Waals surface area contributed by atoms with E-state index in [0.717, 1.165) is 6.07 Å². The first-order valence-electron chi connectivity index (χ1n) is 6.34. The molecule has 23 heavy (non-hydrogen) atoms. The molecule has 0 heterocycles. The quantitative estimate of drug-likeness (QED) is 0.667. The van der Waals surface area contributed by atoms with Crippen molar-refractivity contribution < 1.29 is 27.1 Å². The van der Waals surface area contributed by atoms with E-state index in [1.54, 1.807) is 0 Å². The van der Waals surface area contributed by atoms with Crippen molar-refractivity contribution in [3.63, 3.8) is 0 Å². The van der Waals surface area contributed by atoms with E-state index >= 15 is 0 Å². The first-order valence-corrected chi connectivity index (χ1v) is 6.34. The fourth-order valence-corrected chi connectivity index (χ4v) is 1.88. The van der Waals surface area contributed by atoms with Gasteiger partial charge in [-0.1, -0.05) is 0 Å². The Bertz CT molecular complexity index is 745. The first kappa shape index (κ1) is 16.6. The monoisotopic (exact) mass is 328 g/mol. The number of carbonyl (C=O) groups excluding carboxylic acids is 1. The molecule has 2 aromatic carbocycles. The Balaban J connectivity index is 2.31. The smallest absolute Gasteiger partial charge is 0.419 e. The van der Waals surface area contributed by atoms with Crippen LogP contribution in [0.15, 0.2) is 36.4 Å². The van der Waals surface area contributed by atoms with Crippen molar-refractivity contribution in [3.05, 3.63) is 53.3 Å². The van der Waals surface area contributed by atoms with Crippen LogP contribution < -0.4 is 15.8 Å². The van der Waals surface area contributed by atoms with Gasteiger partial charge < -0.3 is 15.8 Å². The number of amides is 1. The summed E-state index contributed by atoms with van der Waals surface area (Å²) in [6.45, 7) is 0. The van der Waals surface area contributed by atoms with Crippen molar-refractivity contribution in [2.75, 3.05) is 18.2 Å². The van der Waals surface area contributed by atoms with E-state index in [4.69, 9.17) is 10.5 Å². The number of nitrogens with one attached hydrogen (secondary N) is 1. The van der Waals surface area contributed by atoms with Crippen molar-refractivity contribution in [1.82, 2.24) is 0 Å². The van der Waals surface area contributed by atoms with Gasteiger partial charge >= 0.3 is 6.18 Å². The zero-order valence-corrected chi connectivity index (χ0v) is 11.9. The lowest BCUT2D eigenvalue weighted by molar-refractivity contribution is -0.139. The molecule has 2 aromatic rings. The maximum Gasteiger partial charge on any atom is 0.419 e. The van der Waals surface area contributed by atoms with E-state index in [1.165, 1.54) is 25.3 Å². The van der Waals surface area contributed by atoms with Gasteiger partial charge in [0, 0.05) is 11.4 Å². The van der Waals surface area contributed by atoms with Gasteiger partial charge in [-0.05, 0) is 36.4 Å². The second-order valence-electron chi connectivity index (χ2n) is 4.60. The standard InChI is InChI=1S/C15H12F4N2O2/c1-23-9-3-5-13(20)10(7-9)14(22)21-8-2-4-12(16)11(6-8)15(17,18)19/h2-7H,20H2,1H3,(H,21,22). The first-order chi connectivity index (χ1) is 10.7. The lowest BCUT2D eigenvalue weighted by Crippen LogP contribution is -2.15. The number of nitrogens with two attached hydrogens (primary N) is 1. The number of carbonyl (C=O) groups is 1. The molecule has 0 atom stereocenters. The molecule has 0 unspecified atom stereocenters. The molecule has 0 radical (unpaired) electrons. The zero-order chi connectivity index (χ0) is 17.2. The van der Waals surface area contributed by atoms with E-state index < -0.39 is 23.5 Å². The molecule has 122 valence electrons. The summed E-state index contributed by atoms with van der Waals surface area (Å²) in [5.74, 6) is -1.79. The van der Waals surface area contributed by atoms with Crippen LogP contribution in [0, 0.1) is 5.82 Å². The molecule has 0 aliphatic rings. The molecule has 0 saturated heterocycles. The molecule has 0 fully saturated rings. The van der Waals surface area contributed by atoms with Gasteiger partial charge in [-0.3, -0.25) is 4.79 Å². The van der Waals surface area contributed by atoms with Crippen LogP contribution in [0.2, 0.25) is 0 Å². The van der Waals surface area contributed by atoms with Gasteiger partial charge in [0.15, 0.2) is 0 Å². The highest BCUT2D eigenvalue weighted by molar-refractivity contribution is 6.08. The average molecular weight is 328 g/mol. The van der Waals surface area contributed by atoms with Crippen LogP contribution in [0.4, 0.5) is 28.9 Å². The van der Waals surface area contributed by atoms with Crippen LogP contribution >= 0.6 is 0 Å². The summed E-state index contributed by atoms with van der Waals surface area (Å²) in [5.41, 5.74) is 4.15. The maximum atomic E-state index is 13.2. The van der Waals surface area contributed by atoms with Gasteiger partial charge in [-0.25, -0.2) is 4.39 Å². The van der Waals surface area contributed by atoms with Crippen LogP contribution in [-0.4, -0.2) is 13.0 Å². The van der Waals surface area contributed by atoms with Crippen LogP contribution in [0.5, 0.6) is 5.75 Å². The van der Waals surface area contributed by atoms with Crippen LogP contribution in [0.25, 0.3) is 0 Å². The van der Waals surface area contributed by atoms with Gasteiger partial charge in [0.25, 0.3) is 5.91 Å². The Hall–Kier alpha value is -2.77. The molecule has 0 aliphatic carbocycles. The van der Waals surface area contributed by atoms with Crippen LogP contribution in [0.1, 0.15) is 15.9 Å². The third kappa shape index (κ3) is 3.71. The number of anilines is 2. The van der Waals surface area contributed by atoms with E-state index in [0.29, 0.717) is 17.9 Å². The normalized spacial score (nSPS) is 11.2. The van der Waals surface area contributed by atoms with Crippen LogP contribution in [0.3, 0.4) is 0 Å². The number of rotatable bonds is 3. The number of halogens is 4. The zero-order valence-electron chi connectivity index (χ0n) is 11.9. The molecular weight excluding hydrogens is 316 g/mol. The minimum absolute atomic E-state index is 0.0298. The lowest BCUT2D eigenvalue weighted by Gasteiger charge is -2.12. The molecule has 2 rings (SSSR count). The molecule has 0 aromatic heterocycles. The van der Waals surface area contributed by atoms with Gasteiger partial charge in [-0.15, -0.1) is 0 Å². The highest BCUT2D eigenvalue weighted by atomic mass is 19.4. The number of methoxy groups -OCH3 is 1. The summed E-state index contributed by atoms with van der Waals surface area (Å²) in [7, 11) is 1.39. The van der Waals surface area contributed by atoms with E-state index in [-0.39, 0.29) is 16.9 Å². The Morgan fingerprint density at radius 1 is 1.17 bits per heavy atom. The summed E-state index contributed by atoms with van der Waals surface area (Å²) in [6, 6.07) is 6.49. The molecular formula is C15H12F4N2O2. The van der Waals surface area contributed by atoms with Crippen molar-refractivity contribution in [2.45, 2.75) is 6.18 Å². The number of hydrogen-bond donors (Lipinski definition) is 2. The summed E-state index contributed by atoms with van der Waals surface area (Å²) < 4.78 is 56.2. The molecule has 8 heteroatoms. The van der Waals surface area contributed by atoms with Crippen molar-refractivity contribution >= 4 is 17.3 Å². The fourth-order valence-electron chi connectivity index (χ4n) is 1.88.